The predicted molar refractivity (Wildman–Crippen MR) is 92.6 cm³/mol. The van der Waals surface area contributed by atoms with Gasteiger partial charge in [-0.25, -0.2) is 8.42 Å². The van der Waals surface area contributed by atoms with Gasteiger partial charge >= 0.3 is 0 Å². The van der Waals surface area contributed by atoms with Crippen LogP contribution in [0.5, 0.6) is 0 Å². The zero-order chi connectivity index (χ0) is 18.4. The van der Waals surface area contributed by atoms with Gasteiger partial charge in [0, 0.05) is 22.3 Å². The van der Waals surface area contributed by atoms with Crippen LogP contribution in [0.2, 0.25) is 0 Å². The lowest BCUT2D eigenvalue weighted by molar-refractivity contribution is 0.392. The van der Waals surface area contributed by atoms with E-state index in [4.69, 9.17) is 15.2 Å². The lowest BCUT2D eigenvalue weighted by atomic mass is 10.1. The zero-order valence-corrected chi connectivity index (χ0v) is 15.2. The second-order valence-corrected chi connectivity index (χ2v) is 8.09. The van der Waals surface area contributed by atoms with Gasteiger partial charge in [0.1, 0.15) is 11.4 Å². The molecule has 25 heavy (non-hydrogen) atoms. The minimum absolute atomic E-state index is 0.00329. The first-order valence-electron chi connectivity index (χ1n) is 7.28. The van der Waals surface area contributed by atoms with Gasteiger partial charge in [-0.3, -0.25) is 4.79 Å². The molecule has 9 heteroatoms. The molecule has 1 aromatic carbocycles. The molecule has 0 fully saturated rings. The lowest BCUT2D eigenvalue weighted by Crippen LogP contribution is -2.21. The molecule has 0 atom stereocenters. The highest BCUT2D eigenvalue weighted by Gasteiger charge is 2.17. The van der Waals surface area contributed by atoms with Gasteiger partial charge in [-0.15, -0.1) is 0 Å². The van der Waals surface area contributed by atoms with Crippen LogP contribution in [-0.4, -0.2) is 23.4 Å². The SMILES string of the molecule is Cc1ccc(-c2ccc(=O)n(-c3c(C)noc3C)n2)cc1S(=O)(=O)Cl. The summed E-state index contributed by atoms with van der Waals surface area (Å²) in [4.78, 5) is 12.2. The lowest BCUT2D eigenvalue weighted by Gasteiger charge is -2.08. The molecule has 2 heterocycles. The van der Waals surface area contributed by atoms with Gasteiger partial charge < -0.3 is 4.52 Å². The summed E-state index contributed by atoms with van der Waals surface area (Å²) in [7, 11) is 1.59. The minimum Gasteiger partial charge on any atom is -0.359 e. The van der Waals surface area contributed by atoms with Crippen molar-refractivity contribution < 1.29 is 12.9 Å². The Morgan fingerprint density at radius 1 is 1.12 bits per heavy atom. The largest absolute Gasteiger partial charge is 0.359 e. The maximum Gasteiger partial charge on any atom is 0.271 e. The van der Waals surface area contributed by atoms with Crippen molar-refractivity contribution in [1.82, 2.24) is 14.9 Å². The summed E-state index contributed by atoms with van der Waals surface area (Å²) < 4.78 is 29.7. The predicted octanol–water partition coefficient (Wildman–Crippen LogP) is 2.74. The van der Waals surface area contributed by atoms with Crippen LogP contribution in [-0.2, 0) is 9.05 Å². The average Bonchev–Trinajstić information content (AvgIpc) is 2.86. The van der Waals surface area contributed by atoms with E-state index >= 15 is 0 Å². The van der Waals surface area contributed by atoms with Crippen molar-refractivity contribution in [2.75, 3.05) is 0 Å². The Hall–Kier alpha value is -2.45. The molecule has 0 aliphatic rings. The molecule has 0 unspecified atom stereocenters. The van der Waals surface area contributed by atoms with Crippen LogP contribution in [0.3, 0.4) is 0 Å². The van der Waals surface area contributed by atoms with Crippen molar-refractivity contribution in [2.24, 2.45) is 0 Å². The smallest absolute Gasteiger partial charge is 0.271 e. The first-order valence-corrected chi connectivity index (χ1v) is 9.59. The fourth-order valence-electron chi connectivity index (χ4n) is 2.53. The number of aryl methyl sites for hydroxylation is 3. The van der Waals surface area contributed by atoms with Crippen molar-refractivity contribution in [3.63, 3.8) is 0 Å². The van der Waals surface area contributed by atoms with Crippen LogP contribution in [0.25, 0.3) is 16.9 Å². The Balaban J connectivity index is 2.21. The number of hydrogen-bond acceptors (Lipinski definition) is 6. The highest BCUT2D eigenvalue weighted by Crippen LogP contribution is 2.26. The molecule has 0 saturated carbocycles. The summed E-state index contributed by atoms with van der Waals surface area (Å²) in [6.07, 6.45) is 0. The molecule has 3 aromatic rings. The van der Waals surface area contributed by atoms with Crippen molar-refractivity contribution in [3.05, 3.63) is 57.7 Å². The summed E-state index contributed by atoms with van der Waals surface area (Å²) in [5.74, 6) is 0.456. The first-order chi connectivity index (χ1) is 11.7. The molecular weight excluding hydrogens is 366 g/mol. The van der Waals surface area contributed by atoms with E-state index in [9.17, 15) is 13.2 Å². The van der Waals surface area contributed by atoms with Crippen molar-refractivity contribution >= 4 is 19.7 Å². The number of aromatic nitrogens is 3. The third-order valence-electron chi connectivity index (χ3n) is 3.75. The maximum atomic E-state index is 12.2. The third-order valence-corrected chi connectivity index (χ3v) is 5.22. The number of rotatable bonds is 3. The van der Waals surface area contributed by atoms with E-state index in [2.05, 4.69) is 10.3 Å². The van der Waals surface area contributed by atoms with E-state index in [1.54, 1.807) is 32.9 Å². The molecule has 0 bridgehead atoms. The van der Waals surface area contributed by atoms with Gasteiger partial charge in [0.15, 0.2) is 5.76 Å². The summed E-state index contributed by atoms with van der Waals surface area (Å²) in [6, 6.07) is 7.65. The first kappa shape index (κ1) is 17.4. The van der Waals surface area contributed by atoms with E-state index in [-0.39, 0.29) is 10.5 Å². The zero-order valence-electron chi connectivity index (χ0n) is 13.6. The second-order valence-electron chi connectivity index (χ2n) is 5.56. The summed E-state index contributed by atoms with van der Waals surface area (Å²) >= 11 is 0. The number of nitrogens with zero attached hydrogens (tertiary/aromatic N) is 3. The summed E-state index contributed by atoms with van der Waals surface area (Å²) in [5, 5.41) is 8.15. The normalized spacial score (nSPS) is 11.7. The highest BCUT2D eigenvalue weighted by molar-refractivity contribution is 8.13. The van der Waals surface area contributed by atoms with Gasteiger partial charge in [-0.2, -0.15) is 9.78 Å². The van der Waals surface area contributed by atoms with Gasteiger partial charge in [-0.05, 0) is 38.5 Å². The van der Waals surface area contributed by atoms with Crippen LogP contribution in [0.1, 0.15) is 17.0 Å². The molecule has 0 amide bonds. The Morgan fingerprint density at radius 3 is 2.44 bits per heavy atom. The number of halogens is 1. The molecule has 130 valence electrons. The number of hydrogen-bond donors (Lipinski definition) is 0. The van der Waals surface area contributed by atoms with E-state index in [0.29, 0.717) is 34.0 Å². The van der Waals surface area contributed by atoms with Crippen LogP contribution in [0, 0.1) is 20.8 Å². The summed E-state index contributed by atoms with van der Waals surface area (Å²) in [6.45, 7) is 5.04. The minimum atomic E-state index is -3.89. The molecule has 0 aliphatic heterocycles. The van der Waals surface area contributed by atoms with Crippen molar-refractivity contribution in [3.8, 4) is 16.9 Å². The molecule has 3 rings (SSSR count). The summed E-state index contributed by atoms with van der Waals surface area (Å²) in [5.41, 5.74) is 2.10. The maximum absolute atomic E-state index is 12.2. The van der Waals surface area contributed by atoms with E-state index < -0.39 is 9.05 Å². The molecule has 7 nitrogen and oxygen atoms in total. The quantitative estimate of drug-likeness (QED) is 0.649. The van der Waals surface area contributed by atoms with E-state index in [0.717, 1.165) is 0 Å². The average molecular weight is 380 g/mol. The fourth-order valence-corrected chi connectivity index (χ4v) is 3.75. The highest BCUT2D eigenvalue weighted by atomic mass is 35.7. The van der Waals surface area contributed by atoms with Gasteiger partial charge in [0.05, 0.1) is 10.6 Å². The monoisotopic (exact) mass is 379 g/mol. The topological polar surface area (TPSA) is 95.1 Å². The van der Waals surface area contributed by atoms with Crippen LogP contribution < -0.4 is 5.56 Å². The molecule has 0 radical (unpaired) electrons. The van der Waals surface area contributed by atoms with Gasteiger partial charge in [-0.1, -0.05) is 17.3 Å². The Kier molecular flexibility index (Phi) is 4.26. The van der Waals surface area contributed by atoms with E-state index in [1.807, 2.05) is 0 Å². The molecule has 0 aliphatic carbocycles. The van der Waals surface area contributed by atoms with Gasteiger partial charge in [0.25, 0.3) is 14.6 Å². The molecule has 0 N–H and O–H groups in total. The Bertz CT molecular complexity index is 1110. The molecule has 0 spiro atoms. The van der Waals surface area contributed by atoms with Crippen LogP contribution in [0.4, 0.5) is 0 Å². The Morgan fingerprint density at radius 2 is 1.84 bits per heavy atom. The molecule has 2 aromatic heterocycles. The van der Waals surface area contributed by atoms with Crippen molar-refractivity contribution in [2.45, 2.75) is 25.7 Å². The second kappa shape index (κ2) is 6.12. The van der Waals surface area contributed by atoms with E-state index in [1.165, 1.54) is 22.9 Å². The standard InChI is InChI=1S/C16H14ClN3O4S/c1-9-4-5-12(8-14(9)25(17,22)23)13-6-7-15(21)20(18-13)16-10(2)19-24-11(16)3/h4-8H,1-3H3. The number of benzene rings is 1. The van der Waals surface area contributed by atoms with Crippen LogP contribution in [0.15, 0.2) is 44.5 Å². The molecule has 0 saturated heterocycles. The Labute approximate surface area is 148 Å². The van der Waals surface area contributed by atoms with Crippen molar-refractivity contribution in [1.29, 1.82) is 0 Å². The van der Waals surface area contributed by atoms with Gasteiger partial charge in [0.2, 0.25) is 0 Å². The fraction of sp³-hybridized carbons (Fsp3) is 0.188. The third kappa shape index (κ3) is 3.22. The van der Waals surface area contributed by atoms with Crippen LogP contribution >= 0.6 is 10.7 Å². The molecular formula is C16H14ClN3O4S.